The molecule has 0 unspecified atom stereocenters. The Morgan fingerprint density at radius 1 is 1.16 bits per heavy atom. The van der Waals surface area contributed by atoms with Crippen molar-refractivity contribution in [2.75, 3.05) is 5.32 Å². The van der Waals surface area contributed by atoms with Gasteiger partial charge in [-0.1, -0.05) is 24.3 Å². The Bertz CT molecular complexity index is 1350. The van der Waals surface area contributed by atoms with E-state index in [0.717, 1.165) is 18.5 Å². The van der Waals surface area contributed by atoms with Gasteiger partial charge in [-0.3, -0.25) is 4.68 Å². The molecule has 0 bridgehead atoms. The van der Waals surface area contributed by atoms with E-state index in [4.69, 9.17) is 0 Å². The first-order valence-corrected chi connectivity index (χ1v) is 10.5. The second-order valence-corrected chi connectivity index (χ2v) is 8.53. The molecule has 160 valence electrons. The molecule has 1 fully saturated rings. The lowest BCUT2D eigenvalue weighted by atomic mass is 9.68. The first-order valence-electron chi connectivity index (χ1n) is 10.5. The Labute approximate surface area is 183 Å². The molecule has 0 atom stereocenters. The number of nitrogens with one attached hydrogen (secondary N) is 2. The molecule has 2 amide bonds. The van der Waals surface area contributed by atoms with Crippen LogP contribution in [0.15, 0.2) is 67.4 Å². The van der Waals surface area contributed by atoms with Crippen LogP contribution in [0.2, 0.25) is 0 Å². The fourth-order valence-electron chi connectivity index (χ4n) is 5.09. The van der Waals surface area contributed by atoms with Gasteiger partial charge < -0.3 is 15.2 Å². The van der Waals surface area contributed by atoms with Crippen LogP contribution in [0.25, 0.3) is 22.4 Å². The predicted molar refractivity (Wildman–Crippen MR) is 119 cm³/mol. The van der Waals surface area contributed by atoms with Crippen LogP contribution in [0.1, 0.15) is 18.4 Å². The topological polar surface area (TPSA) is 76.8 Å². The van der Waals surface area contributed by atoms with Crippen LogP contribution < -0.4 is 10.6 Å². The lowest BCUT2D eigenvalue weighted by Crippen LogP contribution is -2.56. The second kappa shape index (κ2) is 6.78. The summed E-state index contributed by atoms with van der Waals surface area (Å²) in [6.45, 7) is 0. The first kappa shape index (κ1) is 18.8. The molecule has 0 saturated heterocycles. The molecule has 1 saturated carbocycles. The number of nitrogens with zero attached hydrogens (tertiary/aromatic N) is 4. The average Bonchev–Trinajstić information content (AvgIpc) is 3.44. The van der Waals surface area contributed by atoms with Gasteiger partial charge in [-0.05, 0) is 36.6 Å². The summed E-state index contributed by atoms with van der Waals surface area (Å²) in [6, 6.07) is 12.7. The number of amides is 2. The zero-order chi connectivity index (χ0) is 21.9. The van der Waals surface area contributed by atoms with Gasteiger partial charge in [0.1, 0.15) is 5.82 Å². The van der Waals surface area contributed by atoms with Gasteiger partial charge in [-0.2, -0.15) is 5.10 Å². The number of hydrogen-bond donors (Lipinski definition) is 2. The Hall–Kier alpha value is -3.94. The highest BCUT2D eigenvalue weighted by molar-refractivity contribution is 5.90. The van der Waals surface area contributed by atoms with Gasteiger partial charge >= 0.3 is 6.03 Å². The second-order valence-electron chi connectivity index (χ2n) is 8.53. The molecule has 2 aromatic heterocycles. The summed E-state index contributed by atoms with van der Waals surface area (Å²) in [5.41, 5.74) is 4.99. The van der Waals surface area contributed by atoms with Crippen LogP contribution in [0, 0.1) is 5.82 Å². The van der Waals surface area contributed by atoms with Crippen molar-refractivity contribution in [3.05, 3.63) is 78.8 Å². The quantitative estimate of drug-likeness (QED) is 0.515. The molecular formula is C24H21FN6O. The van der Waals surface area contributed by atoms with Crippen LogP contribution in [0.3, 0.4) is 0 Å². The van der Waals surface area contributed by atoms with E-state index in [1.807, 2.05) is 18.6 Å². The largest absolute Gasteiger partial charge is 0.335 e. The number of aromatic nitrogens is 4. The van der Waals surface area contributed by atoms with Crippen molar-refractivity contribution in [1.29, 1.82) is 0 Å². The molecule has 7 nitrogen and oxygen atoms in total. The molecule has 6 rings (SSSR count). The number of aryl methyl sites for hydroxylation is 1. The molecule has 2 N–H and O–H groups in total. The monoisotopic (exact) mass is 428 g/mol. The Balaban J connectivity index is 1.13. The third-order valence-electron chi connectivity index (χ3n) is 6.55. The standard InChI is InChI=1S/C24H21FN6O/c1-30-13-15(11-27-30)18-7-6-16(8-21(18)25)28-23(32)29-17-9-24(10-17)20-5-3-2-4-19(20)22-12-26-14-31(22)24/h2-8,11-14,17H,9-10H2,1H3,(H2,28,29,32). The van der Waals surface area contributed by atoms with Crippen LogP contribution in [-0.2, 0) is 12.6 Å². The molecule has 1 aliphatic carbocycles. The molecule has 1 spiro atoms. The van der Waals surface area contributed by atoms with Crippen molar-refractivity contribution in [3.63, 3.8) is 0 Å². The van der Waals surface area contributed by atoms with E-state index in [1.54, 1.807) is 36.3 Å². The summed E-state index contributed by atoms with van der Waals surface area (Å²) in [4.78, 5) is 16.9. The van der Waals surface area contributed by atoms with E-state index in [1.165, 1.54) is 17.2 Å². The van der Waals surface area contributed by atoms with Crippen molar-refractivity contribution in [1.82, 2.24) is 24.6 Å². The van der Waals surface area contributed by atoms with E-state index in [-0.39, 0.29) is 17.6 Å². The molecule has 3 heterocycles. The maximum atomic E-state index is 14.6. The maximum Gasteiger partial charge on any atom is 0.319 e. The van der Waals surface area contributed by atoms with Crippen LogP contribution in [0.4, 0.5) is 14.9 Å². The number of benzene rings is 2. The number of carbonyl (C=O) groups excluding carboxylic acids is 1. The Kier molecular flexibility index (Phi) is 3.98. The Morgan fingerprint density at radius 3 is 2.78 bits per heavy atom. The summed E-state index contributed by atoms with van der Waals surface area (Å²) in [7, 11) is 1.78. The van der Waals surface area contributed by atoms with Crippen molar-refractivity contribution in [2.45, 2.75) is 24.4 Å². The highest BCUT2D eigenvalue weighted by atomic mass is 19.1. The molecular weight excluding hydrogens is 407 g/mol. The zero-order valence-electron chi connectivity index (χ0n) is 17.4. The summed E-state index contributed by atoms with van der Waals surface area (Å²) in [5.74, 6) is -0.409. The third kappa shape index (κ3) is 2.76. The molecule has 2 aliphatic rings. The van der Waals surface area contributed by atoms with E-state index >= 15 is 0 Å². The number of rotatable bonds is 3. The van der Waals surface area contributed by atoms with E-state index in [2.05, 4.69) is 43.5 Å². The maximum absolute atomic E-state index is 14.6. The van der Waals surface area contributed by atoms with E-state index in [9.17, 15) is 9.18 Å². The molecule has 8 heteroatoms. The summed E-state index contributed by atoms with van der Waals surface area (Å²) in [5, 5.41) is 9.84. The summed E-state index contributed by atoms with van der Waals surface area (Å²) >= 11 is 0. The number of halogens is 1. The highest BCUT2D eigenvalue weighted by Gasteiger charge is 2.52. The highest BCUT2D eigenvalue weighted by Crippen LogP contribution is 2.54. The van der Waals surface area contributed by atoms with Gasteiger partial charge in [0, 0.05) is 41.7 Å². The van der Waals surface area contributed by atoms with Gasteiger partial charge in [0.05, 0.1) is 30.0 Å². The van der Waals surface area contributed by atoms with E-state index in [0.29, 0.717) is 16.8 Å². The van der Waals surface area contributed by atoms with Crippen LogP contribution in [-0.4, -0.2) is 31.4 Å². The first-order chi connectivity index (χ1) is 15.5. The molecule has 32 heavy (non-hydrogen) atoms. The lowest BCUT2D eigenvalue weighted by molar-refractivity contribution is 0.149. The van der Waals surface area contributed by atoms with E-state index < -0.39 is 5.82 Å². The van der Waals surface area contributed by atoms with Crippen molar-refractivity contribution >= 4 is 11.7 Å². The Morgan fingerprint density at radius 2 is 2.00 bits per heavy atom. The summed E-state index contributed by atoms with van der Waals surface area (Å²) in [6.07, 6.45) is 8.70. The van der Waals surface area contributed by atoms with Gasteiger partial charge in [0.25, 0.3) is 0 Å². The smallest absolute Gasteiger partial charge is 0.319 e. The summed E-state index contributed by atoms with van der Waals surface area (Å²) < 4.78 is 18.4. The zero-order valence-corrected chi connectivity index (χ0v) is 17.4. The minimum atomic E-state index is -0.409. The van der Waals surface area contributed by atoms with Gasteiger partial charge in [0.2, 0.25) is 0 Å². The number of anilines is 1. The number of fused-ring (bicyclic) bond motifs is 5. The molecule has 1 aliphatic heterocycles. The van der Waals surface area contributed by atoms with Crippen LogP contribution in [0.5, 0.6) is 0 Å². The minimum absolute atomic E-state index is 0.0240. The molecule has 4 aromatic rings. The number of urea groups is 1. The fraction of sp³-hybridized carbons (Fsp3) is 0.208. The van der Waals surface area contributed by atoms with Crippen molar-refractivity contribution in [2.24, 2.45) is 7.05 Å². The van der Waals surface area contributed by atoms with Gasteiger partial charge in [0.15, 0.2) is 0 Å². The average molecular weight is 428 g/mol. The molecule has 0 radical (unpaired) electrons. The third-order valence-corrected chi connectivity index (χ3v) is 6.55. The lowest BCUT2D eigenvalue weighted by Gasteiger charge is -2.47. The van der Waals surface area contributed by atoms with Crippen LogP contribution >= 0.6 is 0 Å². The predicted octanol–water partition coefficient (Wildman–Crippen LogP) is 4.13. The SMILES string of the molecule is Cn1cc(-c2ccc(NC(=O)NC3CC4(C3)c3ccccc3-c3cncn34)cc2F)cn1. The normalized spacial score (nSPS) is 20.5. The van der Waals surface area contributed by atoms with Crippen molar-refractivity contribution in [3.8, 4) is 22.4 Å². The van der Waals surface area contributed by atoms with Gasteiger partial charge in [-0.15, -0.1) is 0 Å². The fourth-order valence-corrected chi connectivity index (χ4v) is 5.09. The number of carbonyl (C=O) groups is 1. The number of hydrogen-bond acceptors (Lipinski definition) is 3. The minimum Gasteiger partial charge on any atom is -0.335 e. The van der Waals surface area contributed by atoms with Gasteiger partial charge in [-0.25, -0.2) is 14.2 Å². The number of imidazole rings is 1. The molecule has 2 aromatic carbocycles. The van der Waals surface area contributed by atoms with Crippen molar-refractivity contribution < 1.29 is 9.18 Å².